The van der Waals surface area contributed by atoms with E-state index in [0.717, 1.165) is 18.4 Å². The van der Waals surface area contributed by atoms with Crippen LogP contribution in [0.1, 0.15) is 44.6 Å². The molecule has 0 aliphatic carbocycles. The molecule has 0 spiro atoms. The average Bonchev–Trinajstić information content (AvgIpc) is 3.61. The molecule has 206 valence electrons. The number of ether oxygens (including phenoxy) is 4. The van der Waals surface area contributed by atoms with Crippen LogP contribution in [0.25, 0.3) is 0 Å². The summed E-state index contributed by atoms with van der Waals surface area (Å²) < 4.78 is 21.6. The van der Waals surface area contributed by atoms with Gasteiger partial charge in [-0.25, -0.2) is 4.79 Å². The number of nitrogens with zero attached hydrogens (tertiary/aromatic N) is 2. The summed E-state index contributed by atoms with van der Waals surface area (Å²) in [4.78, 5) is 42.1. The monoisotopic (exact) mass is 519 g/mol. The lowest BCUT2D eigenvalue weighted by Crippen LogP contribution is -2.53. The van der Waals surface area contributed by atoms with Crippen molar-refractivity contribution in [2.75, 3.05) is 59.3 Å². The van der Waals surface area contributed by atoms with Gasteiger partial charge in [-0.15, -0.1) is 0 Å². The van der Waals surface area contributed by atoms with Gasteiger partial charge < -0.3 is 29.2 Å². The van der Waals surface area contributed by atoms with Crippen LogP contribution in [0.15, 0.2) is 30.3 Å². The van der Waals surface area contributed by atoms with Crippen LogP contribution in [0.5, 0.6) is 0 Å². The van der Waals surface area contributed by atoms with E-state index < -0.39 is 18.2 Å². The first-order valence-corrected chi connectivity index (χ1v) is 13.4. The second-order valence-corrected chi connectivity index (χ2v) is 9.15. The fraction of sp³-hybridized carbons (Fsp3) is 0.667. The number of benzene rings is 1. The molecule has 2 heterocycles. The Morgan fingerprint density at radius 3 is 2.24 bits per heavy atom. The molecule has 3 amide bonds. The Hall–Kier alpha value is -2.69. The maximum Gasteiger partial charge on any atom is 0.410 e. The Kier molecular flexibility index (Phi) is 12.7. The van der Waals surface area contributed by atoms with Crippen LogP contribution in [-0.2, 0) is 35.1 Å². The maximum absolute atomic E-state index is 13.4. The highest BCUT2D eigenvalue weighted by Crippen LogP contribution is 2.25. The third kappa shape index (κ3) is 9.28. The molecule has 0 aromatic heterocycles. The Labute approximate surface area is 219 Å². The van der Waals surface area contributed by atoms with Crippen molar-refractivity contribution < 1.29 is 33.3 Å². The minimum Gasteiger partial charge on any atom is -0.445 e. The first kappa shape index (κ1) is 28.9. The van der Waals surface area contributed by atoms with Gasteiger partial charge in [-0.3, -0.25) is 14.5 Å². The Morgan fingerprint density at radius 1 is 0.865 bits per heavy atom. The van der Waals surface area contributed by atoms with E-state index in [0.29, 0.717) is 78.5 Å². The second-order valence-electron chi connectivity index (χ2n) is 9.15. The Balaban J connectivity index is 1.36. The molecule has 3 rings (SSSR count). The van der Waals surface area contributed by atoms with Crippen molar-refractivity contribution in [1.82, 2.24) is 15.1 Å². The third-order valence-electron chi connectivity index (χ3n) is 6.53. The molecule has 2 saturated heterocycles. The number of amides is 3. The minimum atomic E-state index is -0.583. The van der Waals surface area contributed by atoms with Gasteiger partial charge in [-0.05, 0) is 44.6 Å². The van der Waals surface area contributed by atoms with E-state index in [1.54, 1.807) is 4.90 Å². The fourth-order valence-electron chi connectivity index (χ4n) is 4.63. The van der Waals surface area contributed by atoms with Crippen LogP contribution in [0.2, 0.25) is 0 Å². The SMILES string of the molecule is CCOCCOCCOCCCNC(=O)C1CCCN1C(=O)C1CCCN1C(=O)OCc1ccccc1. The quantitative estimate of drug-likeness (QED) is 0.355. The molecule has 2 fully saturated rings. The van der Waals surface area contributed by atoms with Crippen molar-refractivity contribution in [1.29, 1.82) is 0 Å². The summed E-state index contributed by atoms with van der Waals surface area (Å²) in [5.74, 6) is -0.319. The summed E-state index contributed by atoms with van der Waals surface area (Å²) in [5.41, 5.74) is 0.894. The van der Waals surface area contributed by atoms with Crippen LogP contribution in [0, 0.1) is 0 Å². The van der Waals surface area contributed by atoms with Crippen molar-refractivity contribution in [3.8, 4) is 0 Å². The van der Waals surface area contributed by atoms with Gasteiger partial charge in [0.25, 0.3) is 0 Å². The number of rotatable bonds is 15. The molecule has 0 saturated carbocycles. The molecule has 2 atom stereocenters. The second kappa shape index (κ2) is 16.2. The van der Waals surface area contributed by atoms with Gasteiger partial charge in [0, 0.05) is 32.8 Å². The van der Waals surface area contributed by atoms with Gasteiger partial charge in [0.2, 0.25) is 11.8 Å². The molecule has 2 unspecified atom stereocenters. The third-order valence-corrected chi connectivity index (χ3v) is 6.53. The lowest BCUT2D eigenvalue weighted by Gasteiger charge is -2.30. The zero-order valence-corrected chi connectivity index (χ0v) is 21.9. The molecule has 37 heavy (non-hydrogen) atoms. The van der Waals surface area contributed by atoms with E-state index in [2.05, 4.69) is 5.32 Å². The van der Waals surface area contributed by atoms with E-state index in [4.69, 9.17) is 18.9 Å². The summed E-state index contributed by atoms with van der Waals surface area (Å²) in [5, 5.41) is 2.93. The van der Waals surface area contributed by atoms with Crippen molar-refractivity contribution in [3.63, 3.8) is 0 Å². The minimum absolute atomic E-state index is 0.152. The number of carbonyl (C=O) groups excluding carboxylic acids is 3. The van der Waals surface area contributed by atoms with Crippen LogP contribution < -0.4 is 5.32 Å². The molecule has 2 aliphatic rings. The van der Waals surface area contributed by atoms with Crippen LogP contribution in [0.4, 0.5) is 4.79 Å². The molecule has 0 bridgehead atoms. The van der Waals surface area contributed by atoms with Crippen LogP contribution in [0.3, 0.4) is 0 Å². The molecule has 0 radical (unpaired) electrons. The molecule has 2 aliphatic heterocycles. The first-order chi connectivity index (χ1) is 18.1. The zero-order valence-electron chi connectivity index (χ0n) is 21.9. The van der Waals surface area contributed by atoms with Crippen molar-refractivity contribution in [2.24, 2.45) is 0 Å². The molecular formula is C27H41N3O7. The Bertz CT molecular complexity index is 839. The number of carbonyl (C=O) groups is 3. The molecular weight excluding hydrogens is 478 g/mol. The lowest BCUT2D eigenvalue weighted by atomic mass is 10.1. The maximum atomic E-state index is 13.4. The Morgan fingerprint density at radius 2 is 1.51 bits per heavy atom. The van der Waals surface area contributed by atoms with Gasteiger partial charge >= 0.3 is 6.09 Å². The van der Waals surface area contributed by atoms with E-state index >= 15 is 0 Å². The number of nitrogens with one attached hydrogen (secondary N) is 1. The highest BCUT2D eigenvalue weighted by atomic mass is 16.6. The number of hydrogen-bond donors (Lipinski definition) is 1. The van der Waals surface area contributed by atoms with Gasteiger partial charge in [0.05, 0.1) is 26.4 Å². The standard InChI is InChI=1S/C27H41N3O7/c1-2-34-17-18-36-20-19-35-16-8-13-28-25(31)23-11-6-14-29(23)26(32)24-12-7-15-30(24)27(33)37-21-22-9-4-3-5-10-22/h3-5,9-10,23-24H,2,6-8,11-21H2,1H3,(H,28,31). The topological polar surface area (TPSA) is 107 Å². The van der Waals surface area contributed by atoms with Crippen LogP contribution in [-0.4, -0.2) is 99.1 Å². The average molecular weight is 520 g/mol. The van der Waals surface area contributed by atoms with Crippen molar-refractivity contribution in [2.45, 2.75) is 57.7 Å². The summed E-state index contributed by atoms with van der Waals surface area (Å²) in [6.07, 6.45) is 2.89. The summed E-state index contributed by atoms with van der Waals surface area (Å²) in [6, 6.07) is 8.37. The van der Waals surface area contributed by atoms with Gasteiger partial charge in [-0.2, -0.15) is 0 Å². The molecule has 1 aromatic rings. The lowest BCUT2D eigenvalue weighted by molar-refractivity contribution is -0.141. The number of hydrogen-bond acceptors (Lipinski definition) is 7. The van der Waals surface area contributed by atoms with E-state index in [1.165, 1.54) is 4.90 Å². The van der Waals surface area contributed by atoms with Crippen molar-refractivity contribution in [3.05, 3.63) is 35.9 Å². The molecule has 10 heteroatoms. The number of likely N-dealkylation sites (tertiary alicyclic amines) is 2. The fourth-order valence-corrected chi connectivity index (χ4v) is 4.63. The molecule has 1 N–H and O–H groups in total. The summed E-state index contributed by atoms with van der Waals surface area (Å²) in [7, 11) is 0. The zero-order chi connectivity index (χ0) is 26.3. The van der Waals surface area contributed by atoms with Gasteiger partial charge in [-0.1, -0.05) is 30.3 Å². The highest BCUT2D eigenvalue weighted by molar-refractivity contribution is 5.92. The molecule has 1 aromatic carbocycles. The van der Waals surface area contributed by atoms with Gasteiger partial charge in [0.1, 0.15) is 18.7 Å². The molecule has 10 nitrogen and oxygen atoms in total. The van der Waals surface area contributed by atoms with Crippen molar-refractivity contribution >= 4 is 17.9 Å². The van der Waals surface area contributed by atoms with E-state index in [1.807, 2.05) is 37.3 Å². The van der Waals surface area contributed by atoms with E-state index in [9.17, 15) is 14.4 Å². The normalized spacial score (nSPS) is 19.3. The predicted octanol–water partition coefficient (Wildman–Crippen LogP) is 2.35. The van der Waals surface area contributed by atoms with Crippen LogP contribution >= 0.6 is 0 Å². The first-order valence-electron chi connectivity index (χ1n) is 13.4. The summed E-state index contributed by atoms with van der Waals surface area (Å²) >= 11 is 0. The smallest absolute Gasteiger partial charge is 0.410 e. The van der Waals surface area contributed by atoms with E-state index in [-0.39, 0.29) is 18.4 Å². The van der Waals surface area contributed by atoms with Gasteiger partial charge in [0.15, 0.2) is 0 Å². The largest absolute Gasteiger partial charge is 0.445 e. The predicted molar refractivity (Wildman–Crippen MR) is 137 cm³/mol. The summed E-state index contributed by atoms with van der Waals surface area (Å²) in [6.45, 7) is 6.93. The highest BCUT2D eigenvalue weighted by Gasteiger charge is 2.42.